The largest absolute Gasteiger partial charge is 0.492 e. The zero-order valence-electron chi connectivity index (χ0n) is 21.9. The van der Waals surface area contributed by atoms with Gasteiger partial charge in [0.05, 0.1) is 0 Å². The highest BCUT2D eigenvalue weighted by atomic mass is 35.5. The van der Waals surface area contributed by atoms with Crippen molar-refractivity contribution in [2.24, 2.45) is 0 Å². The van der Waals surface area contributed by atoms with Crippen molar-refractivity contribution in [2.45, 2.75) is 18.9 Å². The first-order valence-corrected chi connectivity index (χ1v) is 13.7. The summed E-state index contributed by atoms with van der Waals surface area (Å²) in [7, 11) is 0. The lowest BCUT2D eigenvalue weighted by atomic mass is 9.81. The van der Waals surface area contributed by atoms with Gasteiger partial charge < -0.3 is 14.7 Å². The van der Waals surface area contributed by atoms with Gasteiger partial charge in [-0.05, 0) is 60.0 Å². The van der Waals surface area contributed by atoms with Crippen molar-refractivity contribution < 1.29 is 9.84 Å². The third-order valence-corrected chi connectivity index (χ3v) is 7.66. The number of para-hydroxylation sites is 1. The van der Waals surface area contributed by atoms with Crippen LogP contribution in [0, 0.1) is 6.92 Å². The molecule has 0 saturated carbocycles. The molecule has 1 fully saturated rings. The fraction of sp³-hybridized carbons (Fsp3) is 0.273. The average molecular weight is 527 g/mol. The van der Waals surface area contributed by atoms with Crippen molar-refractivity contribution in [3.63, 3.8) is 0 Å². The van der Waals surface area contributed by atoms with E-state index in [2.05, 4.69) is 47.1 Å². The smallest absolute Gasteiger partial charge is 0.119 e. The maximum absolute atomic E-state index is 12.0. The van der Waals surface area contributed by atoms with Crippen LogP contribution in [0.4, 0.5) is 5.69 Å². The molecule has 4 aromatic carbocycles. The summed E-state index contributed by atoms with van der Waals surface area (Å²) in [6.45, 7) is 7.72. The Labute approximate surface area is 231 Å². The fourth-order valence-electron chi connectivity index (χ4n) is 5.09. The first-order chi connectivity index (χ1) is 18.5. The Morgan fingerprint density at radius 3 is 2.00 bits per heavy atom. The van der Waals surface area contributed by atoms with E-state index in [1.54, 1.807) is 0 Å². The predicted octanol–water partition coefficient (Wildman–Crippen LogP) is 6.33. The zero-order chi connectivity index (χ0) is 26.4. The summed E-state index contributed by atoms with van der Waals surface area (Å²) >= 11 is 6.09. The Bertz CT molecular complexity index is 1290. The molecule has 4 nitrogen and oxygen atoms in total. The second kappa shape index (κ2) is 12.0. The van der Waals surface area contributed by atoms with Gasteiger partial charge in [0.15, 0.2) is 0 Å². The van der Waals surface area contributed by atoms with E-state index < -0.39 is 5.60 Å². The molecule has 38 heavy (non-hydrogen) atoms. The lowest BCUT2D eigenvalue weighted by molar-refractivity contribution is 0.0810. The molecule has 0 aliphatic carbocycles. The Balaban J connectivity index is 1.20. The van der Waals surface area contributed by atoms with Gasteiger partial charge in [0.25, 0.3) is 0 Å². The maximum Gasteiger partial charge on any atom is 0.119 e. The van der Waals surface area contributed by atoms with Crippen LogP contribution in [-0.2, 0) is 12.0 Å². The summed E-state index contributed by atoms with van der Waals surface area (Å²) in [6, 6.07) is 34.3. The van der Waals surface area contributed by atoms with Gasteiger partial charge in [-0.2, -0.15) is 0 Å². The number of hydrogen-bond donors (Lipinski definition) is 1. The molecule has 1 aliphatic heterocycles. The van der Waals surface area contributed by atoms with Crippen LogP contribution >= 0.6 is 11.6 Å². The molecule has 1 saturated heterocycles. The summed E-state index contributed by atoms with van der Waals surface area (Å²) in [4.78, 5) is 4.89. The first kappa shape index (κ1) is 26.3. The van der Waals surface area contributed by atoms with E-state index in [1.165, 1.54) is 5.69 Å². The van der Waals surface area contributed by atoms with E-state index in [1.807, 2.05) is 72.8 Å². The minimum atomic E-state index is -1.17. The van der Waals surface area contributed by atoms with Crippen molar-refractivity contribution in [1.29, 1.82) is 0 Å². The molecular weight excluding hydrogens is 492 g/mol. The summed E-state index contributed by atoms with van der Waals surface area (Å²) in [5.74, 6) is 0.814. The molecule has 1 N–H and O–H groups in total. The molecule has 1 atom stereocenters. The van der Waals surface area contributed by atoms with Crippen LogP contribution in [0.3, 0.4) is 0 Å². The molecule has 1 heterocycles. The number of nitrogens with zero attached hydrogens (tertiary/aromatic N) is 2. The number of ether oxygens (including phenoxy) is 1. The molecule has 1 unspecified atom stereocenters. The Kier molecular flexibility index (Phi) is 8.33. The molecule has 0 bridgehead atoms. The van der Waals surface area contributed by atoms with E-state index in [9.17, 15) is 5.11 Å². The third kappa shape index (κ3) is 6.39. The normalized spacial score (nSPS) is 15.7. The number of rotatable bonds is 9. The molecule has 5 rings (SSSR count). The minimum absolute atomic E-state index is 0.447. The Morgan fingerprint density at radius 2 is 1.37 bits per heavy atom. The topological polar surface area (TPSA) is 35.9 Å². The Morgan fingerprint density at radius 1 is 0.763 bits per heavy atom. The minimum Gasteiger partial charge on any atom is -0.492 e. The van der Waals surface area contributed by atoms with E-state index in [0.717, 1.165) is 60.7 Å². The van der Waals surface area contributed by atoms with Crippen LogP contribution in [0.2, 0.25) is 5.02 Å². The number of hydrogen-bond acceptors (Lipinski definition) is 4. The standard InChI is InChI=1S/C33H35ClN2O2/c1-26-7-11-28(12-8-26)33(37,25-27-9-15-30(34)16-10-27)29-13-17-32(18-14-29)38-24-23-35-19-21-36(22-20-35)31-5-3-2-4-6-31/h2-18,37H,19-25H2,1H3. The average Bonchev–Trinajstić information content (AvgIpc) is 2.96. The van der Waals surface area contributed by atoms with Gasteiger partial charge in [-0.1, -0.05) is 83.9 Å². The van der Waals surface area contributed by atoms with Crippen LogP contribution < -0.4 is 9.64 Å². The van der Waals surface area contributed by atoms with Gasteiger partial charge in [-0.3, -0.25) is 4.90 Å². The quantitative estimate of drug-likeness (QED) is 0.276. The second-order valence-corrected chi connectivity index (χ2v) is 10.5. The number of benzene rings is 4. The number of aryl methyl sites for hydroxylation is 1. The van der Waals surface area contributed by atoms with E-state index in [-0.39, 0.29) is 0 Å². The SMILES string of the molecule is Cc1ccc(C(O)(Cc2ccc(Cl)cc2)c2ccc(OCCN3CCN(c4ccccc4)CC3)cc2)cc1. The highest BCUT2D eigenvalue weighted by molar-refractivity contribution is 6.30. The van der Waals surface area contributed by atoms with Crippen molar-refractivity contribution in [1.82, 2.24) is 4.90 Å². The summed E-state index contributed by atoms with van der Waals surface area (Å²) in [5, 5.41) is 12.7. The summed E-state index contributed by atoms with van der Waals surface area (Å²) < 4.78 is 6.09. The van der Waals surface area contributed by atoms with Crippen molar-refractivity contribution in [3.8, 4) is 5.75 Å². The van der Waals surface area contributed by atoms with E-state index in [0.29, 0.717) is 18.1 Å². The maximum atomic E-state index is 12.0. The van der Waals surface area contributed by atoms with Crippen LogP contribution in [0.1, 0.15) is 22.3 Å². The van der Waals surface area contributed by atoms with Crippen LogP contribution in [0.25, 0.3) is 0 Å². The van der Waals surface area contributed by atoms with Gasteiger partial charge in [0.2, 0.25) is 0 Å². The highest BCUT2D eigenvalue weighted by Gasteiger charge is 2.32. The zero-order valence-corrected chi connectivity index (χ0v) is 22.6. The molecule has 5 heteroatoms. The molecule has 0 amide bonds. The fourth-order valence-corrected chi connectivity index (χ4v) is 5.21. The number of halogens is 1. The van der Waals surface area contributed by atoms with Gasteiger partial charge in [-0.25, -0.2) is 0 Å². The van der Waals surface area contributed by atoms with Crippen molar-refractivity contribution >= 4 is 17.3 Å². The lowest BCUT2D eigenvalue weighted by Crippen LogP contribution is -2.47. The number of anilines is 1. The van der Waals surface area contributed by atoms with Crippen molar-refractivity contribution in [3.05, 3.63) is 130 Å². The van der Waals surface area contributed by atoms with Gasteiger partial charge >= 0.3 is 0 Å². The molecule has 0 radical (unpaired) electrons. The highest BCUT2D eigenvalue weighted by Crippen LogP contribution is 2.35. The lowest BCUT2D eigenvalue weighted by Gasteiger charge is -2.36. The summed E-state index contributed by atoms with van der Waals surface area (Å²) in [5.41, 5.74) is 4.00. The monoisotopic (exact) mass is 526 g/mol. The van der Waals surface area contributed by atoms with E-state index in [4.69, 9.17) is 16.3 Å². The summed E-state index contributed by atoms with van der Waals surface area (Å²) in [6.07, 6.45) is 0.447. The number of aliphatic hydroxyl groups is 1. The van der Waals surface area contributed by atoms with Crippen molar-refractivity contribution in [2.75, 3.05) is 44.2 Å². The molecular formula is C33H35ClN2O2. The Hall–Kier alpha value is -3.31. The van der Waals surface area contributed by atoms with Crippen LogP contribution in [-0.4, -0.2) is 49.3 Å². The number of piperazine rings is 1. The van der Waals surface area contributed by atoms with Gasteiger partial charge in [0, 0.05) is 49.9 Å². The van der Waals surface area contributed by atoms with Crippen LogP contribution in [0.5, 0.6) is 5.75 Å². The predicted molar refractivity (Wildman–Crippen MR) is 156 cm³/mol. The van der Waals surface area contributed by atoms with Gasteiger partial charge in [-0.15, -0.1) is 0 Å². The molecule has 4 aromatic rings. The van der Waals surface area contributed by atoms with Crippen LogP contribution in [0.15, 0.2) is 103 Å². The molecule has 196 valence electrons. The third-order valence-electron chi connectivity index (χ3n) is 7.40. The van der Waals surface area contributed by atoms with Gasteiger partial charge in [0.1, 0.15) is 18.0 Å². The van der Waals surface area contributed by atoms with E-state index >= 15 is 0 Å². The second-order valence-electron chi connectivity index (χ2n) is 10.1. The first-order valence-electron chi connectivity index (χ1n) is 13.3. The molecule has 0 aromatic heterocycles. The molecule has 0 spiro atoms. The molecule has 1 aliphatic rings.